The van der Waals surface area contributed by atoms with Crippen LogP contribution >= 0.6 is 0 Å². The predicted molar refractivity (Wildman–Crippen MR) is 71.8 cm³/mol. The molecule has 110 valence electrons. The smallest absolute Gasteiger partial charge is 0.303 e. The van der Waals surface area contributed by atoms with Crippen molar-refractivity contribution >= 4 is 17.7 Å². The van der Waals surface area contributed by atoms with Crippen molar-refractivity contribution in [1.82, 2.24) is 10.6 Å². The predicted octanol–water partition coefficient (Wildman–Crippen LogP) is 0.559. The van der Waals surface area contributed by atoms with Crippen LogP contribution in [-0.4, -0.2) is 41.4 Å². The number of ketones is 1. The fourth-order valence-corrected chi connectivity index (χ4v) is 1.50. The van der Waals surface area contributed by atoms with E-state index in [1.807, 2.05) is 13.8 Å². The molecule has 0 aliphatic heterocycles. The van der Waals surface area contributed by atoms with E-state index < -0.39 is 12.0 Å². The molecule has 0 aliphatic rings. The van der Waals surface area contributed by atoms with Gasteiger partial charge in [0.05, 0.1) is 12.6 Å². The first-order valence-corrected chi connectivity index (χ1v) is 6.52. The van der Waals surface area contributed by atoms with Crippen molar-refractivity contribution in [2.45, 2.75) is 52.6 Å². The summed E-state index contributed by atoms with van der Waals surface area (Å²) < 4.78 is 0. The number of amides is 1. The summed E-state index contributed by atoms with van der Waals surface area (Å²) in [6.07, 6.45) is -0.0131. The molecule has 0 heterocycles. The SMILES string of the molecule is CC(C)NCC(=O)NC(CCC(=O)O)C(=O)C(C)C. The molecule has 0 aromatic heterocycles. The van der Waals surface area contributed by atoms with E-state index in [1.54, 1.807) is 13.8 Å². The van der Waals surface area contributed by atoms with E-state index in [2.05, 4.69) is 10.6 Å². The summed E-state index contributed by atoms with van der Waals surface area (Å²) in [6, 6.07) is -0.554. The van der Waals surface area contributed by atoms with Gasteiger partial charge in [-0.05, 0) is 6.42 Å². The molecule has 0 bridgehead atoms. The number of Topliss-reactive ketones (excluding diaryl/α,β-unsaturated/α-hetero) is 1. The number of hydrogen-bond acceptors (Lipinski definition) is 4. The maximum atomic E-state index is 11.9. The number of hydrogen-bond donors (Lipinski definition) is 3. The Labute approximate surface area is 113 Å². The minimum absolute atomic E-state index is 0.118. The van der Waals surface area contributed by atoms with E-state index in [9.17, 15) is 14.4 Å². The van der Waals surface area contributed by atoms with Crippen LogP contribution in [-0.2, 0) is 14.4 Å². The van der Waals surface area contributed by atoms with Crippen LogP contribution < -0.4 is 10.6 Å². The lowest BCUT2D eigenvalue weighted by Crippen LogP contribution is -2.47. The summed E-state index contributed by atoms with van der Waals surface area (Å²) in [4.78, 5) is 34.1. The van der Waals surface area contributed by atoms with E-state index in [0.717, 1.165) is 0 Å². The summed E-state index contributed by atoms with van der Waals surface area (Å²) in [7, 11) is 0. The first kappa shape index (κ1) is 17.6. The molecule has 0 spiro atoms. The van der Waals surface area contributed by atoms with Gasteiger partial charge in [-0.3, -0.25) is 14.4 Å². The quantitative estimate of drug-likeness (QED) is 0.570. The highest BCUT2D eigenvalue weighted by Crippen LogP contribution is 2.06. The molecule has 0 aromatic carbocycles. The standard InChI is InChI=1S/C13H24N2O4/c1-8(2)13(19)10(5-6-12(17)18)15-11(16)7-14-9(3)4/h8-10,14H,5-7H2,1-4H3,(H,15,16)(H,17,18). The number of carbonyl (C=O) groups excluding carboxylic acids is 2. The zero-order chi connectivity index (χ0) is 15.0. The number of aliphatic carboxylic acids is 1. The van der Waals surface area contributed by atoms with Crippen molar-refractivity contribution in [2.75, 3.05) is 6.54 Å². The third-order valence-corrected chi connectivity index (χ3v) is 2.57. The molecule has 0 fully saturated rings. The summed E-state index contributed by atoms with van der Waals surface area (Å²) in [5, 5.41) is 14.2. The monoisotopic (exact) mass is 272 g/mol. The first-order valence-electron chi connectivity index (χ1n) is 6.52. The number of carboxylic acids is 1. The van der Waals surface area contributed by atoms with Gasteiger partial charge >= 0.3 is 5.97 Å². The summed E-state index contributed by atoms with van der Waals surface area (Å²) >= 11 is 0. The molecule has 0 radical (unpaired) electrons. The molecule has 0 rings (SSSR count). The van der Waals surface area contributed by atoms with Gasteiger partial charge in [-0.2, -0.15) is 0 Å². The molecular formula is C13H24N2O4. The molecule has 6 heteroatoms. The van der Waals surface area contributed by atoms with E-state index in [-0.39, 0.29) is 43.0 Å². The Bertz CT molecular complexity index is 327. The third kappa shape index (κ3) is 8.31. The average Bonchev–Trinajstić information content (AvgIpc) is 2.30. The highest BCUT2D eigenvalue weighted by Gasteiger charge is 2.23. The first-order chi connectivity index (χ1) is 8.73. The van der Waals surface area contributed by atoms with Crippen LogP contribution in [0.4, 0.5) is 0 Å². The molecule has 0 aromatic rings. The van der Waals surface area contributed by atoms with Crippen LogP contribution in [0.25, 0.3) is 0 Å². The molecule has 1 unspecified atom stereocenters. The highest BCUT2D eigenvalue weighted by atomic mass is 16.4. The summed E-state index contributed by atoms with van der Waals surface area (Å²) in [5.74, 6) is -1.65. The summed E-state index contributed by atoms with van der Waals surface area (Å²) in [6.45, 7) is 7.40. The Morgan fingerprint density at radius 1 is 1.11 bits per heavy atom. The van der Waals surface area contributed by atoms with Gasteiger partial charge in [0, 0.05) is 18.4 Å². The van der Waals surface area contributed by atoms with Crippen LogP contribution in [0.3, 0.4) is 0 Å². The number of carbonyl (C=O) groups is 3. The van der Waals surface area contributed by atoms with Crippen molar-refractivity contribution in [3.63, 3.8) is 0 Å². The number of rotatable bonds is 9. The molecule has 0 saturated carbocycles. The minimum Gasteiger partial charge on any atom is -0.481 e. The zero-order valence-electron chi connectivity index (χ0n) is 12.0. The topological polar surface area (TPSA) is 95.5 Å². The van der Waals surface area contributed by atoms with Crippen LogP contribution in [0, 0.1) is 5.92 Å². The van der Waals surface area contributed by atoms with Crippen LogP contribution in [0.5, 0.6) is 0 Å². The zero-order valence-corrected chi connectivity index (χ0v) is 12.0. The highest BCUT2D eigenvalue weighted by molar-refractivity contribution is 5.91. The van der Waals surface area contributed by atoms with Crippen molar-refractivity contribution in [3.05, 3.63) is 0 Å². The fraction of sp³-hybridized carbons (Fsp3) is 0.769. The van der Waals surface area contributed by atoms with Crippen molar-refractivity contribution < 1.29 is 19.5 Å². The fourth-order valence-electron chi connectivity index (χ4n) is 1.50. The van der Waals surface area contributed by atoms with Gasteiger partial charge in [-0.15, -0.1) is 0 Å². The van der Waals surface area contributed by atoms with Gasteiger partial charge < -0.3 is 15.7 Å². The van der Waals surface area contributed by atoms with E-state index in [0.29, 0.717) is 0 Å². The molecule has 6 nitrogen and oxygen atoms in total. The Hall–Kier alpha value is -1.43. The van der Waals surface area contributed by atoms with E-state index in [4.69, 9.17) is 5.11 Å². The van der Waals surface area contributed by atoms with E-state index >= 15 is 0 Å². The van der Waals surface area contributed by atoms with Crippen LogP contribution in [0.15, 0.2) is 0 Å². The lowest BCUT2D eigenvalue weighted by Gasteiger charge is -2.19. The molecule has 0 aliphatic carbocycles. The molecular weight excluding hydrogens is 248 g/mol. The molecule has 1 amide bonds. The molecule has 3 N–H and O–H groups in total. The Morgan fingerprint density at radius 3 is 2.11 bits per heavy atom. The average molecular weight is 272 g/mol. The molecule has 19 heavy (non-hydrogen) atoms. The van der Waals surface area contributed by atoms with Crippen molar-refractivity contribution in [1.29, 1.82) is 0 Å². The Kier molecular flexibility index (Phi) is 7.98. The van der Waals surface area contributed by atoms with Gasteiger partial charge in [-0.25, -0.2) is 0 Å². The molecule has 0 saturated heterocycles. The normalized spacial score (nSPS) is 12.5. The lowest BCUT2D eigenvalue weighted by molar-refractivity contribution is -0.138. The second-order valence-corrected chi connectivity index (χ2v) is 5.15. The van der Waals surface area contributed by atoms with Crippen LogP contribution in [0.2, 0.25) is 0 Å². The van der Waals surface area contributed by atoms with Gasteiger partial charge in [0.15, 0.2) is 5.78 Å². The van der Waals surface area contributed by atoms with Gasteiger partial charge in [0.2, 0.25) is 5.91 Å². The van der Waals surface area contributed by atoms with Crippen LogP contribution in [0.1, 0.15) is 40.5 Å². The number of nitrogens with one attached hydrogen (secondary N) is 2. The second kappa shape index (κ2) is 8.63. The molecule has 1 atom stereocenters. The Morgan fingerprint density at radius 2 is 1.68 bits per heavy atom. The van der Waals surface area contributed by atoms with Gasteiger partial charge in [-0.1, -0.05) is 27.7 Å². The van der Waals surface area contributed by atoms with Gasteiger partial charge in [0.25, 0.3) is 0 Å². The van der Waals surface area contributed by atoms with Crippen molar-refractivity contribution in [3.8, 4) is 0 Å². The lowest BCUT2D eigenvalue weighted by atomic mass is 9.98. The summed E-state index contributed by atoms with van der Waals surface area (Å²) in [5.41, 5.74) is 0. The minimum atomic E-state index is -0.976. The van der Waals surface area contributed by atoms with Crippen molar-refractivity contribution in [2.24, 2.45) is 5.92 Å². The third-order valence-electron chi connectivity index (χ3n) is 2.57. The number of carboxylic acid groups (broad SMARTS) is 1. The van der Waals surface area contributed by atoms with E-state index in [1.165, 1.54) is 0 Å². The maximum Gasteiger partial charge on any atom is 0.303 e. The largest absolute Gasteiger partial charge is 0.481 e. The van der Waals surface area contributed by atoms with Gasteiger partial charge in [0.1, 0.15) is 0 Å². The second-order valence-electron chi connectivity index (χ2n) is 5.15. The maximum absolute atomic E-state index is 11.9. The Balaban J connectivity index is 4.44.